The molecule has 1 atom stereocenters. The molecule has 1 amide bonds. The van der Waals surface area contributed by atoms with E-state index in [0.29, 0.717) is 18.8 Å². The first-order chi connectivity index (χ1) is 8.54. The molecular weight excluding hydrogens is 298 g/mol. The minimum absolute atomic E-state index is 0.0734. The summed E-state index contributed by atoms with van der Waals surface area (Å²) in [5.74, 6) is -0.0734. The summed E-state index contributed by atoms with van der Waals surface area (Å²) in [5.41, 5.74) is 7.15. The van der Waals surface area contributed by atoms with Crippen molar-refractivity contribution in [3.05, 3.63) is 22.7 Å². The molecule has 0 spiro atoms. The summed E-state index contributed by atoms with van der Waals surface area (Å²) in [6, 6.07) is 5.07. The minimum atomic E-state index is -0.332. The van der Waals surface area contributed by atoms with Crippen LogP contribution in [0, 0.1) is 0 Å². The van der Waals surface area contributed by atoms with E-state index in [0.717, 1.165) is 10.2 Å². The summed E-state index contributed by atoms with van der Waals surface area (Å²) in [6.45, 7) is 2.80. The number of rotatable bonds is 6. The number of benzene rings is 1. The highest BCUT2D eigenvalue weighted by Gasteiger charge is 2.13. The molecule has 4 N–H and O–H groups in total. The number of hydrogen-bond acceptors (Lipinski definition) is 4. The average molecular weight is 316 g/mol. The third kappa shape index (κ3) is 4.54. The van der Waals surface area contributed by atoms with Crippen molar-refractivity contribution in [1.82, 2.24) is 5.32 Å². The predicted octanol–water partition coefficient (Wildman–Crippen LogP) is 1.59. The largest absolute Gasteiger partial charge is 0.399 e. The van der Waals surface area contributed by atoms with Crippen LogP contribution in [0.2, 0.25) is 0 Å². The van der Waals surface area contributed by atoms with Gasteiger partial charge in [0.25, 0.3) is 0 Å². The van der Waals surface area contributed by atoms with Gasteiger partial charge in [-0.15, -0.1) is 0 Å². The van der Waals surface area contributed by atoms with Gasteiger partial charge in [0.1, 0.15) is 6.04 Å². The van der Waals surface area contributed by atoms with Gasteiger partial charge in [-0.2, -0.15) is 0 Å². The number of carbonyl (C=O) groups is 1. The molecule has 18 heavy (non-hydrogen) atoms. The lowest BCUT2D eigenvalue weighted by Crippen LogP contribution is -2.39. The van der Waals surface area contributed by atoms with Crippen LogP contribution in [0.4, 0.5) is 11.4 Å². The standard InChI is InChI=1S/C12H18BrN3O2/c1-8(12(17)15-5-6-18-2)16-11-4-3-9(14)7-10(11)13/h3-4,7-8,16H,5-6,14H2,1-2H3,(H,15,17). The molecule has 0 bridgehead atoms. The van der Waals surface area contributed by atoms with Crippen molar-refractivity contribution in [2.24, 2.45) is 0 Å². The molecule has 5 nitrogen and oxygen atoms in total. The van der Waals surface area contributed by atoms with Crippen LogP contribution in [0.5, 0.6) is 0 Å². The summed E-state index contributed by atoms with van der Waals surface area (Å²) in [7, 11) is 1.60. The third-order valence-electron chi connectivity index (χ3n) is 2.36. The Morgan fingerprint density at radius 2 is 2.28 bits per heavy atom. The number of carbonyl (C=O) groups excluding carboxylic acids is 1. The SMILES string of the molecule is COCCNC(=O)C(C)Nc1ccc(N)cc1Br. The predicted molar refractivity (Wildman–Crippen MR) is 76.5 cm³/mol. The maximum absolute atomic E-state index is 11.7. The van der Waals surface area contributed by atoms with Gasteiger partial charge >= 0.3 is 0 Å². The van der Waals surface area contributed by atoms with Crippen LogP contribution in [0.3, 0.4) is 0 Å². The van der Waals surface area contributed by atoms with Crippen molar-refractivity contribution >= 4 is 33.2 Å². The van der Waals surface area contributed by atoms with Crippen molar-refractivity contribution in [2.45, 2.75) is 13.0 Å². The van der Waals surface area contributed by atoms with Gasteiger partial charge in [0.15, 0.2) is 0 Å². The second-order valence-electron chi connectivity index (χ2n) is 3.89. The van der Waals surface area contributed by atoms with Crippen LogP contribution in [-0.2, 0) is 9.53 Å². The van der Waals surface area contributed by atoms with Gasteiger partial charge in [-0.05, 0) is 41.1 Å². The Labute approximate surface area is 115 Å². The van der Waals surface area contributed by atoms with Crippen LogP contribution in [-0.4, -0.2) is 32.2 Å². The van der Waals surface area contributed by atoms with Gasteiger partial charge < -0.3 is 21.1 Å². The lowest BCUT2D eigenvalue weighted by Gasteiger charge is -2.16. The van der Waals surface area contributed by atoms with Gasteiger partial charge in [-0.1, -0.05) is 0 Å². The number of amides is 1. The van der Waals surface area contributed by atoms with Gasteiger partial charge in [0.2, 0.25) is 5.91 Å². The van der Waals surface area contributed by atoms with Crippen LogP contribution in [0.1, 0.15) is 6.92 Å². The van der Waals surface area contributed by atoms with Gasteiger partial charge in [-0.25, -0.2) is 0 Å². The quantitative estimate of drug-likeness (QED) is 0.550. The molecule has 0 fully saturated rings. The van der Waals surface area contributed by atoms with E-state index in [4.69, 9.17) is 10.5 Å². The zero-order valence-electron chi connectivity index (χ0n) is 10.5. The maximum Gasteiger partial charge on any atom is 0.242 e. The molecular formula is C12H18BrN3O2. The second-order valence-corrected chi connectivity index (χ2v) is 4.74. The molecule has 1 rings (SSSR count). The number of nitrogen functional groups attached to an aromatic ring is 1. The molecule has 0 aromatic heterocycles. The Kier molecular flexibility index (Phi) is 5.94. The van der Waals surface area contributed by atoms with Gasteiger partial charge in [0, 0.05) is 29.5 Å². The van der Waals surface area contributed by atoms with Crippen LogP contribution in [0.25, 0.3) is 0 Å². The summed E-state index contributed by atoms with van der Waals surface area (Å²) < 4.78 is 5.70. The first-order valence-corrected chi connectivity index (χ1v) is 6.42. The minimum Gasteiger partial charge on any atom is -0.399 e. The molecule has 0 aliphatic rings. The smallest absolute Gasteiger partial charge is 0.242 e. The molecule has 0 aliphatic heterocycles. The number of hydrogen-bond donors (Lipinski definition) is 3. The number of ether oxygens (including phenoxy) is 1. The molecule has 1 aromatic rings. The maximum atomic E-state index is 11.7. The summed E-state index contributed by atoms with van der Waals surface area (Å²) in [4.78, 5) is 11.7. The Balaban J connectivity index is 2.53. The van der Waals surface area contributed by atoms with E-state index >= 15 is 0 Å². The highest BCUT2D eigenvalue weighted by atomic mass is 79.9. The van der Waals surface area contributed by atoms with E-state index in [9.17, 15) is 4.79 Å². The second kappa shape index (κ2) is 7.23. The van der Waals surface area contributed by atoms with E-state index in [2.05, 4.69) is 26.6 Å². The van der Waals surface area contributed by atoms with Gasteiger partial charge in [-0.3, -0.25) is 4.79 Å². The normalized spacial score (nSPS) is 11.9. The first-order valence-electron chi connectivity index (χ1n) is 5.62. The monoisotopic (exact) mass is 315 g/mol. The number of nitrogens with two attached hydrogens (primary N) is 1. The van der Waals surface area contributed by atoms with Crippen LogP contribution >= 0.6 is 15.9 Å². The van der Waals surface area contributed by atoms with Gasteiger partial charge in [0.05, 0.1) is 6.61 Å². The van der Waals surface area contributed by atoms with Crippen molar-refractivity contribution in [3.8, 4) is 0 Å². The molecule has 100 valence electrons. The fourth-order valence-corrected chi connectivity index (χ4v) is 1.89. The highest BCUT2D eigenvalue weighted by Crippen LogP contribution is 2.25. The van der Waals surface area contributed by atoms with Crippen molar-refractivity contribution in [2.75, 3.05) is 31.3 Å². The van der Waals surface area contributed by atoms with Crippen molar-refractivity contribution in [1.29, 1.82) is 0 Å². The molecule has 1 unspecified atom stereocenters. The van der Waals surface area contributed by atoms with Crippen molar-refractivity contribution in [3.63, 3.8) is 0 Å². The van der Waals surface area contributed by atoms with E-state index < -0.39 is 0 Å². The summed E-state index contributed by atoms with van der Waals surface area (Å²) >= 11 is 3.39. The van der Waals surface area contributed by atoms with E-state index in [1.54, 1.807) is 26.2 Å². The Morgan fingerprint density at radius 3 is 2.89 bits per heavy atom. The zero-order chi connectivity index (χ0) is 13.5. The molecule has 6 heteroatoms. The molecule has 0 saturated carbocycles. The Hall–Kier alpha value is -1.27. The number of halogens is 1. The van der Waals surface area contributed by atoms with E-state index in [-0.39, 0.29) is 11.9 Å². The van der Waals surface area contributed by atoms with Crippen molar-refractivity contribution < 1.29 is 9.53 Å². The Morgan fingerprint density at radius 1 is 1.56 bits per heavy atom. The number of anilines is 2. The zero-order valence-corrected chi connectivity index (χ0v) is 12.1. The number of methoxy groups -OCH3 is 1. The molecule has 0 radical (unpaired) electrons. The lowest BCUT2D eigenvalue weighted by atomic mass is 10.2. The Bertz CT molecular complexity index is 412. The highest BCUT2D eigenvalue weighted by molar-refractivity contribution is 9.10. The van der Waals surface area contributed by atoms with Crippen LogP contribution in [0.15, 0.2) is 22.7 Å². The van der Waals surface area contributed by atoms with E-state index in [1.807, 2.05) is 6.07 Å². The molecule has 0 aliphatic carbocycles. The molecule has 1 aromatic carbocycles. The topological polar surface area (TPSA) is 76.4 Å². The summed E-state index contributed by atoms with van der Waals surface area (Å²) in [5, 5.41) is 5.88. The molecule has 0 heterocycles. The fourth-order valence-electron chi connectivity index (χ4n) is 1.38. The summed E-state index contributed by atoms with van der Waals surface area (Å²) in [6.07, 6.45) is 0. The number of nitrogens with one attached hydrogen (secondary N) is 2. The lowest BCUT2D eigenvalue weighted by molar-refractivity contribution is -0.121. The van der Waals surface area contributed by atoms with E-state index in [1.165, 1.54) is 0 Å². The first kappa shape index (κ1) is 14.8. The third-order valence-corrected chi connectivity index (χ3v) is 3.02. The van der Waals surface area contributed by atoms with Crippen LogP contribution < -0.4 is 16.4 Å². The average Bonchev–Trinajstić information content (AvgIpc) is 2.32. The fraction of sp³-hybridized carbons (Fsp3) is 0.417. The molecule has 0 saturated heterocycles.